The molecule has 1 aliphatic rings. The number of carbonyl (C=O) groups excluding carboxylic acids is 1. The Labute approximate surface area is 96.2 Å². The van der Waals surface area contributed by atoms with Gasteiger partial charge in [-0.2, -0.15) is 5.10 Å². The predicted octanol–water partition coefficient (Wildman–Crippen LogP) is 1.40. The van der Waals surface area contributed by atoms with Crippen LogP contribution in [0.25, 0.3) is 0 Å². The molecule has 0 bridgehead atoms. The van der Waals surface area contributed by atoms with Gasteiger partial charge in [0.2, 0.25) is 0 Å². The summed E-state index contributed by atoms with van der Waals surface area (Å²) in [5, 5.41) is 4.44. The highest BCUT2D eigenvalue weighted by atomic mass is 16.1. The van der Waals surface area contributed by atoms with Gasteiger partial charge in [0.25, 0.3) is 0 Å². The van der Waals surface area contributed by atoms with E-state index in [1.807, 2.05) is 18.7 Å². The summed E-state index contributed by atoms with van der Waals surface area (Å²) < 4.78 is 1.86. The second-order valence-corrected chi connectivity index (χ2v) is 4.55. The molecule has 4 heteroatoms. The molecule has 2 rings (SSSR count). The maximum Gasteiger partial charge on any atom is 0.139 e. The molecule has 1 fully saturated rings. The van der Waals surface area contributed by atoms with Crippen LogP contribution in [0.2, 0.25) is 0 Å². The largest absolute Gasteiger partial charge is 0.368 e. The van der Waals surface area contributed by atoms with Gasteiger partial charge in [-0.05, 0) is 6.42 Å². The lowest BCUT2D eigenvalue weighted by molar-refractivity contribution is -0.122. The first-order valence-electron chi connectivity index (χ1n) is 5.92. The third-order valence-electron chi connectivity index (χ3n) is 3.23. The Morgan fingerprint density at radius 3 is 2.94 bits per heavy atom. The van der Waals surface area contributed by atoms with E-state index in [1.54, 1.807) is 0 Å². The van der Waals surface area contributed by atoms with Crippen molar-refractivity contribution in [3.05, 3.63) is 11.9 Å². The molecule has 1 unspecified atom stereocenters. The lowest BCUT2D eigenvalue weighted by atomic mass is 9.98. The van der Waals surface area contributed by atoms with Crippen molar-refractivity contribution in [3.8, 4) is 0 Å². The van der Waals surface area contributed by atoms with Crippen LogP contribution in [0.1, 0.15) is 26.0 Å². The number of aryl methyl sites for hydroxylation is 2. The third-order valence-corrected chi connectivity index (χ3v) is 3.23. The Morgan fingerprint density at radius 2 is 2.31 bits per heavy atom. The van der Waals surface area contributed by atoms with Crippen LogP contribution in [0.15, 0.2) is 6.20 Å². The van der Waals surface area contributed by atoms with Gasteiger partial charge in [0.15, 0.2) is 0 Å². The van der Waals surface area contributed by atoms with Crippen molar-refractivity contribution in [2.75, 3.05) is 18.0 Å². The van der Waals surface area contributed by atoms with Gasteiger partial charge in [0, 0.05) is 38.7 Å². The molecule has 16 heavy (non-hydrogen) atoms. The molecule has 0 aromatic carbocycles. The van der Waals surface area contributed by atoms with E-state index in [2.05, 4.69) is 23.1 Å². The summed E-state index contributed by atoms with van der Waals surface area (Å²) in [6.07, 6.45) is 3.66. The normalized spacial score (nSPS) is 21.6. The number of piperidine rings is 1. The smallest absolute Gasteiger partial charge is 0.139 e. The standard InChI is InChI=1S/C12H19N3O/c1-4-10-11(8-14(3)13-10)15-6-5-12(16)9(2)7-15/h8-9H,4-7H2,1-3H3. The minimum atomic E-state index is 0.152. The second kappa shape index (κ2) is 4.28. The Morgan fingerprint density at radius 1 is 1.56 bits per heavy atom. The van der Waals surface area contributed by atoms with Gasteiger partial charge in [-0.15, -0.1) is 0 Å². The number of Topliss-reactive ketones (excluding diaryl/α,β-unsaturated/α-hetero) is 1. The zero-order chi connectivity index (χ0) is 11.7. The Bertz CT molecular complexity index is 397. The summed E-state index contributed by atoms with van der Waals surface area (Å²) in [6.45, 7) is 5.79. The molecule has 1 aromatic heterocycles. The van der Waals surface area contributed by atoms with Gasteiger partial charge in [-0.25, -0.2) is 0 Å². The van der Waals surface area contributed by atoms with E-state index in [1.165, 1.54) is 5.69 Å². The van der Waals surface area contributed by atoms with Crippen LogP contribution < -0.4 is 4.90 Å². The van der Waals surface area contributed by atoms with Crippen molar-refractivity contribution in [2.24, 2.45) is 13.0 Å². The summed E-state index contributed by atoms with van der Waals surface area (Å²) in [7, 11) is 1.95. The SMILES string of the molecule is CCc1nn(C)cc1N1CCC(=O)C(C)C1. The molecule has 88 valence electrons. The van der Waals surface area contributed by atoms with Crippen molar-refractivity contribution in [1.29, 1.82) is 0 Å². The fourth-order valence-corrected chi connectivity index (χ4v) is 2.27. The molecule has 0 aliphatic carbocycles. The highest BCUT2D eigenvalue weighted by Gasteiger charge is 2.25. The van der Waals surface area contributed by atoms with Gasteiger partial charge >= 0.3 is 0 Å². The molecule has 0 amide bonds. The molecule has 0 radical (unpaired) electrons. The van der Waals surface area contributed by atoms with Gasteiger partial charge in [-0.1, -0.05) is 13.8 Å². The van der Waals surface area contributed by atoms with Crippen molar-refractivity contribution >= 4 is 11.5 Å². The molecule has 1 aromatic rings. The molecule has 1 aliphatic heterocycles. The summed E-state index contributed by atoms with van der Waals surface area (Å²) in [5.41, 5.74) is 2.33. The van der Waals surface area contributed by atoms with Crippen LogP contribution in [0.3, 0.4) is 0 Å². The molecule has 1 atom stereocenters. The average Bonchev–Trinajstić information content (AvgIpc) is 2.63. The molecule has 4 nitrogen and oxygen atoms in total. The summed E-state index contributed by atoms with van der Waals surface area (Å²) in [6, 6.07) is 0. The second-order valence-electron chi connectivity index (χ2n) is 4.55. The van der Waals surface area contributed by atoms with Gasteiger partial charge in [0.1, 0.15) is 5.78 Å². The van der Waals surface area contributed by atoms with Crippen LogP contribution in [-0.4, -0.2) is 28.7 Å². The van der Waals surface area contributed by atoms with Crippen LogP contribution >= 0.6 is 0 Å². The van der Waals surface area contributed by atoms with Crippen LogP contribution in [-0.2, 0) is 18.3 Å². The lowest BCUT2D eigenvalue weighted by Gasteiger charge is -2.31. The quantitative estimate of drug-likeness (QED) is 0.757. The molecule has 0 spiro atoms. The van der Waals surface area contributed by atoms with Gasteiger partial charge in [-0.3, -0.25) is 9.48 Å². The van der Waals surface area contributed by atoms with Gasteiger partial charge < -0.3 is 4.90 Å². The Kier molecular flexibility index (Phi) is 2.99. The van der Waals surface area contributed by atoms with Crippen LogP contribution in [0, 0.1) is 5.92 Å². The van der Waals surface area contributed by atoms with Crippen LogP contribution in [0.5, 0.6) is 0 Å². The number of hydrogen-bond donors (Lipinski definition) is 0. The van der Waals surface area contributed by atoms with E-state index in [4.69, 9.17) is 0 Å². The van der Waals surface area contributed by atoms with Crippen LogP contribution in [0.4, 0.5) is 5.69 Å². The topological polar surface area (TPSA) is 38.1 Å². The number of ketones is 1. The first kappa shape index (κ1) is 11.2. The molecular formula is C12H19N3O. The van der Waals surface area contributed by atoms with E-state index in [0.29, 0.717) is 12.2 Å². The van der Waals surface area contributed by atoms with E-state index < -0.39 is 0 Å². The molecule has 2 heterocycles. The maximum atomic E-state index is 11.5. The highest BCUT2D eigenvalue weighted by molar-refractivity contribution is 5.83. The van der Waals surface area contributed by atoms with E-state index in [-0.39, 0.29) is 5.92 Å². The summed E-state index contributed by atoms with van der Waals surface area (Å²) in [4.78, 5) is 13.8. The number of aromatic nitrogens is 2. The summed E-state index contributed by atoms with van der Waals surface area (Å²) >= 11 is 0. The van der Waals surface area contributed by atoms with Crippen molar-refractivity contribution < 1.29 is 4.79 Å². The number of rotatable bonds is 2. The molecular weight excluding hydrogens is 202 g/mol. The maximum absolute atomic E-state index is 11.5. The van der Waals surface area contributed by atoms with Crippen molar-refractivity contribution in [1.82, 2.24) is 9.78 Å². The van der Waals surface area contributed by atoms with E-state index >= 15 is 0 Å². The third kappa shape index (κ3) is 1.96. The van der Waals surface area contributed by atoms with E-state index in [0.717, 1.165) is 25.2 Å². The monoisotopic (exact) mass is 221 g/mol. The minimum absolute atomic E-state index is 0.152. The number of nitrogens with zero attached hydrogens (tertiary/aromatic N) is 3. The molecule has 0 saturated carbocycles. The Balaban J connectivity index is 2.20. The zero-order valence-corrected chi connectivity index (χ0v) is 10.2. The molecule has 1 saturated heterocycles. The van der Waals surface area contributed by atoms with Crippen molar-refractivity contribution in [3.63, 3.8) is 0 Å². The minimum Gasteiger partial charge on any atom is -0.368 e. The first-order valence-corrected chi connectivity index (χ1v) is 5.92. The van der Waals surface area contributed by atoms with Crippen molar-refractivity contribution in [2.45, 2.75) is 26.7 Å². The fraction of sp³-hybridized carbons (Fsp3) is 0.667. The Hall–Kier alpha value is -1.32. The average molecular weight is 221 g/mol. The predicted molar refractivity (Wildman–Crippen MR) is 63.6 cm³/mol. The number of hydrogen-bond acceptors (Lipinski definition) is 3. The lowest BCUT2D eigenvalue weighted by Crippen LogP contribution is -2.39. The fourth-order valence-electron chi connectivity index (χ4n) is 2.27. The number of anilines is 1. The molecule has 0 N–H and O–H groups in total. The van der Waals surface area contributed by atoms with E-state index in [9.17, 15) is 4.79 Å². The first-order chi connectivity index (χ1) is 7.61. The highest BCUT2D eigenvalue weighted by Crippen LogP contribution is 2.24. The zero-order valence-electron chi connectivity index (χ0n) is 10.2. The van der Waals surface area contributed by atoms with Gasteiger partial charge in [0.05, 0.1) is 11.4 Å². The number of carbonyl (C=O) groups is 1. The summed E-state index contributed by atoms with van der Waals surface area (Å²) in [5.74, 6) is 0.539.